The monoisotopic (exact) mass is 217 g/mol. The number of ether oxygens (including phenoxy) is 1. The van der Waals surface area contributed by atoms with Gasteiger partial charge < -0.3 is 9.84 Å². The number of carboxylic acids is 1. The van der Waals surface area contributed by atoms with E-state index in [2.05, 4.69) is 4.98 Å². The predicted octanol–water partition coefficient (Wildman–Crippen LogP) is 2.03. The number of hydrogen-bond donors (Lipinski definition) is 1. The van der Waals surface area contributed by atoms with Gasteiger partial charge in [0.15, 0.2) is 0 Å². The van der Waals surface area contributed by atoms with Crippen LogP contribution in [0, 0.1) is 6.92 Å². The van der Waals surface area contributed by atoms with E-state index in [0.717, 1.165) is 6.20 Å². The number of methoxy groups -OCH3 is 1. The highest BCUT2D eigenvalue weighted by Crippen LogP contribution is 2.30. The lowest BCUT2D eigenvalue weighted by Gasteiger charge is -2.11. The van der Waals surface area contributed by atoms with Gasteiger partial charge in [-0.15, -0.1) is 0 Å². The van der Waals surface area contributed by atoms with Gasteiger partial charge in [-0.3, -0.25) is 4.98 Å². The lowest BCUT2D eigenvalue weighted by Crippen LogP contribution is -2.09. The molecule has 0 atom stereocenters. The first-order valence-corrected chi connectivity index (χ1v) is 4.04. The molecule has 1 N–H and O–H groups in total. The van der Waals surface area contributed by atoms with E-state index in [1.807, 2.05) is 0 Å². The first-order chi connectivity index (χ1) is 6.99. The molecule has 1 heterocycles. The number of alkyl halides is 2. The van der Waals surface area contributed by atoms with E-state index in [1.165, 1.54) is 14.0 Å². The summed E-state index contributed by atoms with van der Waals surface area (Å²) in [6.45, 7) is 1.54. The number of aromatic nitrogens is 1. The van der Waals surface area contributed by atoms with Crippen LogP contribution in [0.4, 0.5) is 8.78 Å². The molecule has 4 nitrogen and oxygen atoms in total. The smallest absolute Gasteiger partial charge is 0.341 e. The maximum Gasteiger partial charge on any atom is 0.341 e. The third-order valence-electron chi connectivity index (χ3n) is 1.86. The molecule has 82 valence electrons. The molecule has 0 spiro atoms. The molecular formula is C9H9F2NO3. The summed E-state index contributed by atoms with van der Waals surface area (Å²) in [5.74, 6) is -1.55. The standard InChI is InChI=1S/C9H9F2NO3/c1-4-3-12-6(8(10)11)5(9(13)14)7(4)15-2/h3,8H,1-2H3,(H,13,14). The largest absolute Gasteiger partial charge is 0.495 e. The Morgan fingerprint density at radius 2 is 2.20 bits per heavy atom. The van der Waals surface area contributed by atoms with E-state index in [4.69, 9.17) is 9.84 Å². The van der Waals surface area contributed by atoms with E-state index in [9.17, 15) is 13.6 Å². The number of aromatic carboxylic acids is 1. The SMILES string of the molecule is COc1c(C)cnc(C(F)F)c1C(=O)O. The zero-order valence-electron chi connectivity index (χ0n) is 8.12. The van der Waals surface area contributed by atoms with Crippen molar-refractivity contribution in [3.8, 4) is 5.75 Å². The van der Waals surface area contributed by atoms with Crippen molar-refractivity contribution in [2.24, 2.45) is 0 Å². The maximum atomic E-state index is 12.5. The Balaban J connectivity index is 3.49. The Bertz CT molecular complexity index is 393. The Morgan fingerprint density at radius 3 is 2.60 bits per heavy atom. The van der Waals surface area contributed by atoms with Crippen molar-refractivity contribution in [1.82, 2.24) is 4.98 Å². The van der Waals surface area contributed by atoms with E-state index in [0.29, 0.717) is 5.56 Å². The Kier molecular flexibility index (Phi) is 3.18. The Hall–Kier alpha value is -1.72. The van der Waals surface area contributed by atoms with Crippen LogP contribution < -0.4 is 4.74 Å². The summed E-state index contributed by atoms with van der Waals surface area (Å²) in [4.78, 5) is 14.2. The molecule has 0 amide bonds. The molecule has 15 heavy (non-hydrogen) atoms. The van der Waals surface area contributed by atoms with Gasteiger partial charge in [-0.05, 0) is 6.92 Å². The number of pyridine rings is 1. The van der Waals surface area contributed by atoms with Crippen molar-refractivity contribution in [1.29, 1.82) is 0 Å². The highest BCUT2D eigenvalue weighted by atomic mass is 19.3. The number of aryl methyl sites for hydroxylation is 1. The van der Waals surface area contributed by atoms with Crippen LogP contribution in [0.3, 0.4) is 0 Å². The lowest BCUT2D eigenvalue weighted by molar-refractivity contribution is 0.0677. The number of carboxylic acid groups (broad SMARTS) is 1. The Labute approximate surface area is 84.5 Å². The van der Waals surface area contributed by atoms with Gasteiger partial charge in [0.05, 0.1) is 7.11 Å². The minimum atomic E-state index is -2.94. The lowest BCUT2D eigenvalue weighted by atomic mass is 10.1. The Morgan fingerprint density at radius 1 is 1.60 bits per heavy atom. The van der Waals surface area contributed by atoms with Crippen molar-refractivity contribution >= 4 is 5.97 Å². The summed E-state index contributed by atoms with van der Waals surface area (Å²) in [5.41, 5.74) is -0.947. The number of hydrogen-bond acceptors (Lipinski definition) is 3. The van der Waals surface area contributed by atoms with Gasteiger partial charge >= 0.3 is 5.97 Å². The van der Waals surface area contributed by atoms with E-state index in [-0.39, 0.29) is 5.75 Å². The molecule has 0 saturated carbocycles. The van der Waals surface area contributed by atoms with Crippen LogP contribution in [0.15, 0.2) is 6.20 Å². The summed E-state index contributed by atoms with van der Waals surface area (Å²) in [6.07, 6.45) is -1.78. The predicted molar refractivity (Wildman–Crippen MR) is 47.4 cm³/mol. The fourth-order valence-corrected chi connectivity index (χ4v) is 1.24. The summed E-state index contributed by atoms with van der Waals surface area (Å²) in [6, 6.07) is 0. The van der Waals surface area contributed by atoms with Crippen LogP contribution in [-0.2, 0) is 0 Å². The average molecular weight is 217 g/mol. The van der Waals surface area contributed by atoms with Crippen molar-refractivity contribution in [2.45, 2.75) is 13.3 Å². The number of carbonyl (C=O) groups is 1. The molecule has 0 aromatic carbocycles. The third-order valence-corrected chi connectivity index (χ3v) is 1.86. The summed E-state index contributed by atoms with van der Waals surface area (Å²) < 4.78 is 29.7. The molecule has 0 fully saturated rings. The van der Waals surface area contributed by atoms with Gasteiger partial charge in [0.25, 0.3) is 6.43 Å². The van der Waals surface area contributed by atoms with Crippen LogP contribution in [0.2, 0.25) is 0 Å². The highest BCUT2D eigenvalue weighted by molar-refractivity contribution is 5.92. The molecule has 1 aromatic rings. The normalized spacial score (nSPS) is 10.5. The topological polar surface area (TPSA) is 59.4 Å². The second-order valence-electron chi connectivity index (χ2n) is 2.84. The zero-order valence-corrected chi connectivity index (χ0v) is 8.12. The fraction of sp³-hybridized carbons (Fsp3) is 0.333. The summed E-state index contributed by atoms with van der Waals surface area (Å²) in [5, 5.41) is 8.80. The first kappa shape index (κ1) is 11.4. The van der Waals surface area contributed by atoms with Gasteiger partial charge in [0.2, 0.25) is 0 Å². The van der Waals surface area contributed by atoms with Crippen LogP contribution in [-0.4, -0.2) is 23.2 Å². The quantitative estimate of drug-likeness (QED) is 0.841. The first-order valence-electron chi connectivity index (χ1n) is 4.04. The van der Waals surface area contributed by atoms with Gasteiger partial charge in [0.1, 0.15) is 17.0 Å². The van der Waals surface area contributed by atoms with Gasteiger partial charge in [-0.2, -0.15) is 0 Å². The maximum absolute atomic E-state index is 12.5. The highest BCUT2D eigenvalue weighted by Gasteiger charge is 2.25. The molecule has 0 radical (unpaired) electrons. The van der Waals surface area contributed by atoms with E-state index in [1.54, 1.807) is 0 Å². The van der Waals surface area contributed by atoms with Crippen molar-refractivity contribution in [2.75, 3.05) is 7.11 Å². The molecule has 0 aliphatic carbocycles. The molecule has 6 heteroatoms. The van der Waals surface area contributed by atoms with Crippen LogP contribution in [0.25, 0.3) is 0 Å². The van der Waals surface area contributed by atoms with E-state index < -0.39 is 23.7 Å². The molecule has 0 aliphatic heterocycles. The fourth-order valence-electron chi connectivity index (χ4n) is 1.24. The van der Waals surface area contributed by atoms with Gasteiger partial charge in [-0.1, -0.05) is 0 Å². The van der Waals surface area contributed by atoms with E-state index >= 15 is 0 Å². The van der Waals surface area contributed by atoms with Crippen LogP contribution in [0.5, 0.6) is 5.75 Å². The average Bonchev–Trinajstić information content (AvgIpc) is 2.16. The van der Waals surface area contributed by atoms with Crippen molar-refractivity contribution in [3.05, 3.63) is 23.0 Å². The molecule has 1 aromatic heterocycles. The van der Waals surface area contributed by atoms with Gasteiger partial charge in [0, 0.05) is 11.8 Å². The minimum Gasteiger partial charge on any atom is -0.495 e. The molecule has 0 saturated heterocycles. The molecule has 1 rings (SSSR count). The molecular weight excluding hydrogens is 208 g/mol. The summed E-state index contributed by atoms with van der Waals surface area (Å²) in [7, 11) is 1.23. The van der Waals surface area contributed by atoms with Crippen molar-refractivity contribution < 1.29 is 23.4 Å². The van der Waals surface area contributed by atoms with Crippen molar-refractivity contribution in [3.63, 3.8) is 0 Å². The second-order valence-corrected chi connectivity index (χ2v) is 2.84. The summed E-state index contributed by atoms with van der Waals surface area (Å²) >= 11 is 0. The minimum absolute atomic E-state index is 0.0761. The molecule has 0 bridgehead atoms. The zero-order chi connectivity index (χ0) is 11.6. The number of halogens is 2. The molecule has 0 aliphatic rings. The van der Waals surface area contributed by atoms with Crippen LogP contribution >= 0.6 is 0 Å². The van der Waals surface area contributed by atoms with Gasteiger partial charge in [-0.25, -0.2) is 13.6 Å². The number of rotatable bonds is 3. The second kappa shape index (κ2) is 4.20. The molecule has 0 unspecified atom stereocenters. The number of nitrogens with zero attached hydrogens (tertiary/aromatic N) is 1. The third kappa shape index (κ3) is 2.03. The van der Waals surface area contributed by atoms with Crippen LogP contribution in [0.1, 0.15) is 28.0 Å².